The summed E-state index contributed by atoms with van der Waals surface area (Å²) in [5, 5.41) is 13.0. The van der Waals surface area contributed by atoms with Crippen LogP contribution >= 0.6 is 7.75 Å². The summed E-state index contributed by atoms with van der Waals surface area (Å²) in [4.78, 5) is 21.7. The number of hydrogen-bond acceptors (Lipinski definition) is 5. The van der Waals surface area contributed by atoms with Gasteiger partial charge in [0.1, 0.15) is 6.54 Å². The van der Waals surface area contributed by atoms with Crippen molar-refractivity contribution >= 4 is 19.6 Å². The van der Waals surface area contributed by atoms with Crippen molar-refractivity contribution in [2.24, 2.45) is 0 Å². The van der Waals surface area contributed by atoms with E-state index in [0.717, 1.165) is 0 Å². The second-order valence-corrected chi connectivity index (χ2v) is 5.06. The minimum Gasteiger partial charge on any atom is -0.480 e. The summed E-state index contributed by atoms with van der Waals surface area (Å²) in [5.74, 6) is -1.76. The van der Waals surface area contributed by atoms with Crippen molar-refractivity contribution in [3.63, 3.8) is 0 Å². The van der Waals surface area contributed by atoms with Gasteiger partial charge < -0.3 is 10.4 Å². The molecule has 0 aliphatic rings. The molecule has 106 valence electrons. The van der Waals surface area contributed by atoms with Crippen LogP contribution in [0.2, 0.25) is 0 Å². The van der Waals surface area contributed by atoms with E-state index in [-0.39, 0.29) is 13.2 Å². The van der Waals surface area contributed by atoms with E-state index in [1.54, 1.807) is 13.8 Å². The lowest BCUT2D eigenvalue weighted by atomic mass is 10.4. The van der Waals surface area contributed by atoms with Gasteiger partial charge in [0, 0.05) is 0 Å². The highest BCUT2D eigenvalue weighted by Crippen LogP contribution is 2.43. The van der Waals surface area contributed by atoms with Crippen LogP contribution in [-0.2, 0) is 23.2 Å². The predicted octanol–water partition coefficient (Wildman–Crippen LogP) is 0.346. The molecule has 1 atom stereocenters. The highest BCUT2D eigenvalue weighted by atomic mass is 31.2. The molecule has 0 spiro atoms. The Labute approximate surface area is 106 Å². The summed E-state index contributed by atoms with van der Waals surface area (Å²) < 4.78 is 21.9. The summed E-state index contributed by atoms with van der Waals surface area (Å²) >= 11 is 0. The van der Waals surface area contributed by atoms with Crippen molar-refractivity contribution in [2.45, 2.75) is 26.8 Å². The van der Waals surface area contributed by atoms with E-state index in [1.807, 2.05) is 0 Å². The Hall–Kier alpha value is -0.950. The van der Waals surface area contributed by atoms with Crippen molar-refractivity contribution in [1.29, 1.82) is 0 Å². The Bertz CT molecular complexity index is 325. The van der Waals surface area contributed by atoms with E-state index in [0.29, 0.717) is 0 Å². The van der Waals surface area contributed by atoms with Crippen molar-refractivity contribution in [3.8, 4) is 0 Å². The fraction of sp³-hybridized carbons (Fsp3) is 0.778. The lowest BCUT2D eigenvalue weighted by Crippen LogP contribution is -2.43. The first kappa shape index (κ1) is 17.1. The maximum absolute atomic E-state index is 12.0. The van der Waals surface area contributed by atoms with Gasteiger partial charge in [0.2, 0.25) is 5.91 Å². The molecule has 0 aliphatic heterocycles. The third-order valence-electron chi connectivity index (χ3n) is 1.76. The molecule has 0 rings (SSSR count). The molecule has 0 aromatic carbocycles. The Balaban J connectivity index is 4.40. The van der Waals surface area contributed by atoms with Crippen molar-refractivity contribution in [3.05, 3.63) is 0 Å². The molecule has 1 unspecified atom stereocenters. The molecule has 1 amide bonds. The van der Waals surface area contributed by atoms with Gasteiger partial charge in [-0.1, -0.05) is 0 Å². The number of hydrogen-bond donors (Lipinski definition) is 3. The standard InChI is InChI=1S/C9H19N2O6P/c1-4-16-18(15,17-5-2)11-7(3)9(14)10-6-8(12)13/h7H,4-6H2,1-3H3,(H,10,14)(H,11,15)(H,12,13)/i11+1. The molecule has 0 saturated carbocycles. The van der Waals surface area contributed by atoms with E-state index in [1.165, 1.54) is 6.92 Å². The van der Waals surface area contributed by atoms with E-state index >= 15 is 0 Å². The average Bonchev–Trinajstić information content (AvgIpc) is 2.25. The summed E-state index contributed by atoms with van der Waals surface area (Å²) in [6.07, 6.45) is 0. The molecule has 0 fully saturated rings. The summed E-state index contributed by atoms with van der Waals surface area (Å²) in [7, 11) is -3.54. The third kappa shape index (κ3) is 6.70. The number of nitrogens with one attached hydrogen (secondary N) is 2. The van der Waals surface area contributed by atoms with Crippen LogP contribution in [0, 0.1) is 0 Å². The van der Waals surface area contributed by atoms with E-state index in [4.69, 9.17) is 14.2 Å². The highest BCUT2D eigenvalue weighted by Gasteiger charge is 2.28. The molecule has 8 nitrogen and oxygen atoms in total. The van der Waals surface area contributed by atoms with Crippen LogP contribution < -0.4 is 10.4 Å². The van der Waals surface area contributed by atoms with Crippen LogP contribution in [-0.4, -0.2) is 42.8 Å². The van der Waals surface area contributed by atoms with Crippen LogP contribution in [0.15, 0.2) is 0 Å². The van der Waals surface area contributed by atoms with Gasteiger partial charge >= 0.3 is 13.7 Å². The SMILES string of the molecule is CCOP(=O)([15NH]C(C)C(=O)NCC(=O)O)OCC. The molecular weight excluding hydrogens is 264 g/mol. The molecule has 3 N–H and O–H groups in total. The Morgan fingerprint density at radius 1 is 1.28 bits per heavy atom. The zero-order chi connectivity index (χ0) is 14.2. The quantitative estimate of drug-likeness (QED) is 0.413. The molecule has 0 saturated heterocycles. The first-order chi connectivity index (χ1) is 8.34. The van der Waals surface area contributed by atoms with Crippen molar-refractivity contribution in [1.82, 2.24) is 10.4 Å². The summed E-state index contributed by atoms with van der Waals surface area (Å²) in [6.45, 7) is 4.53. The Kier molecular flexibility index (Phi) is 7.77. The minimum atomic E-state index is -3.54. The van der Waals surface area contributed by atoms with Crippen LogP contribution in [0.5, 0.6) is 0 Å². The largest absolute Gasteiger partial charge is 0.480 e. The van der Waals surface area contributed by atoms with Crippen LogP contribution in [0.1, 0.15) is 20.8 Å². The van der Waals surface area contributed by atoms with Gasteiger partial charge in [0.25, 0.3) is 0 Å². The van der Waals surface area contributed by atoms with Gasteiger partial charge in [-0.15, -0.1) is 0 Å². The zero-order valence-electron chi connectivity index (χ0n) is 10.6. The van der Waals surface area contributed by atoms with E-state index in [2.05, 4.69) is 10.4 Å². The Morgan fingerprint density at radius 2 is 1.78 bits per heavy atom. The highest BCUT2D eigenvalue weighted by molar-refractivity contribution is 7.51. The second kappa shape index (κ2) is 8.20. The number of carbonyl (C=O) groups is 2. The van der Waals surface area contributed by atoms with E-state index < -0.39 is 32.2 Å². The normalized spacial score (nSPS) is 13.1. The zero-order valence-corrected chi connectivity index (χ0v) is 11.5. The van der Waals surface area contributed by atoms with Crippen LogP contribution in [0.4, 0.5) is 0 Å². The fourth-order valence-corrected chi connectivity index (χ4v) is 2.56. The molecule has 0 aliphatic carbocycles. The first-order valence-corrected chi connectivity index (χ1v) is 7.05. The molecule has 18 heavy (non-hydrogen) atoms. The van der Waals surface area contributed by atoms with Gasteiger partial charge in [0.05, 0.1) is 19.3 Å². The van der Waals surface area contributed by atoms with Gasteiger partial charge in [-0.05, 0) is 20.8 Å². The molecular formula is C9H19N2O6P. The maximum atomic E-state index is 12.0. The lowest BCUT2D eigenvalue weighted by Gasteiger charge is -2.21. The van der Waals surface area contributed by atoms with Gasteiger partial charge in [0.15, 0.2) is 0 Å². The van der Waals surface area contributed by atoms with Gasteiger partial charge in [-0.25, -0.2) is 9.65 Å². The number of carboxylic acid groups (broad SMARTS) is 1. The van der Waals surface area contributed by atoms with Crippen LogP contribution in [0.25, 0.3) is 0 Å². The third-order valence-corrected chi connectivity index (χ3v) is 3.66. The predicted molar refractivity (Wildman–Crippen MR) is 64.1 cm³/mol. The maximum Gasteiger partial charge on any atom is 0.406 e. The molecule has 0 bridgehead atoms. The average molecular weight is 283 g/mol. The lowest BCUT2D eigenvalue weighted by molar-refractivity contribution is -0.138. The summed E-state index contributed by atoms with van der Waals surface area (Å²) in [5.41, 5.74) is 0. The summed E-state index contributed by atoms with van der Waals surface area (Å²) in [6, 6.07) is -0.895. The smallest absolute Gasteiger partial charge is 0.406 e. The molecule has 0 radical (unpaired) electrons. The first-order valence-electron chi connectivity index (χ1n) is 5.51. The molecule has 0 aromatic rings. The van der Waals surface area contributed by atoms with E-state index in [9.17, 15) is 14.2 Å². The molecule has 0 heterocycles. The van der Waals surface area contributed by atoms with Gasteiger partial charge in [-0.2, -0.15) is 0 Å². The van der Waals surface area contributed by atoms with Crippen molar-refractivity contribution in [2.75, 3.05) is 19.8 Å². The Morgan fingerprint density at radius 3 is 2.17 bits per heavy atom. The minimum absolute atomic E-state index is 0.160. The number of carbonyl (C=O) groups excluding carboxylic acids is 1. The second-order valence-electron chi connectivity index (χ2n) is 3.30. The van der Waals surface area contributed by atoms with Crippen LogP contribution in [0.3, 0.4) is 0 Å². The number of carboxylic acids is 1. The monoisotopic (exact) mass is 283 g/mol. The molecule has 0 aromatic heterocycles. The van der Waals surface area contributed by atoms with Gasteiger partial charge in [-0.3, -0.25) is 18.6 Å². The molecule has 9 heteroatoms. The number of amides is 1. The fourth-order valence-electron chi connectivity index (χ4n) is 1.06. The van der Waals surface area contributed by atoms with Crippen molar-refractivity contribution < 1.29 is 28.3 Å². The topological polar surface area (TPSA) is 114 Å². The number of aliphatic carboxylic acids is 1. The number of rotatable bonds is 9.